The Balaban J connectivity index is 2.34. The number of aldehydes is 1. The molecule has 0 fully saturated rings. The number of hydrogen-bond donors (Lipinski definition) is 0. The summed E-state index contributed by atoms with van der Waals surface area (Å²) in [6.45, 7) is 6.51. The molecule has 0 aliphatic rings. The van der Waals surface area contributed by atoms with Crippen LogP contribution in [0, 0.1) is 6.92 Å². The lowest BCUT2D eigenvalue weighted by Gasteiger charge is -2.27. The molecule has 39 heavy (non-hydrogen) atoms. The fourth-order valence-electron chi connectivity index (χ4n) is 3.89. The first kappa shape index (κ1) is 33.0. The zero-order valence-corrected chi connectivity index (χ0v) is 25.1. The molecule has 2 aromatic carbocycles. The number of ether oxygens (including phenoxy) is 3. The first-order chi connectivity index (χ1) is 19.0. The summed E-state index contributed by atoms with van der Waals surface area (Å²) in [4.78, 5) is 26.9. The van der Waals surface area contributed by atoms with Crippen molar-refractivity contribution < 1.29 is 32.2 Å². The predicted octanol–water partition coefficient (Wildman–Crippen LogP) is 5.82. The summed E-state index contributed by atoms with van der Waals surface area (Å²) in [5.74, 6) is 2.74. The Morgan fingerprint density at radius 2 is 1.56 bits per heavy atom. The highest BCUT2D eigenvalue weighted by Gasteiger charge is 2.21. The number of amides is 1. The van der Waals surface area contributed by atoms with Crippen LogP contribution in [0.2, 0.25) is 0 Å². The van der Waals surface area contributed by atoms with Gasteiger partial charge in [0.05, 0.1) is 51.2 Å². The summed E-state index contributed by atoms with van der Waals surface area (Å²) in [5.41, 5.74) is 3.46. The van der Waals surface area contributed by atoms with Gasteiger partial charge in [0.25, 0.3) is 0 Å². The molecule has 0 spiro atoms. The van der Waals surface area contributed by atoms with E-state index >= 15 is 0 Å². The average molecular weight is 580 g/mol. The second-order valence-corrected chi connectivity index (χ2v) is 10.5. The summed E-state index contributed by atoms with van der Waals surface area (Å²) in [6, 6.07) is 11.5. The van der Waals surface area contributed by atoms with Crippen LogP contribution in [0.15, 0.2) is 36.4 Å². The van der Waals surface area contributed by atoms with E-state index in [4.69, 9.17) is 22.6 Å². The molecule has 0 bridgehead atoms. The van der Waals surface area contributed by atoms with Crippen molar-refractivity contribution >= 4 is 42.0 Å². The fraction of sp³-hybridized carbons (Fsp3) is 0.517. The van der Waals surface area contributed by atoms with E-state index in [-0.39, 0.29) is 12.3 Å². The van der Waals surface area contributed by atoms with Gasteiger partial charge in [-0.1, -0.05) is 12.1 Å². The standard InChI is InChI=1S/C29H41NO7S2/c1-5-35-15-7-6-8-29(32)30(28-21-27(11-9-23(28)2)37-17-19-39-34-4)22-25-20-26(36-16-18-38-33-3)12-10-24(25)13-14-31/h9-12,14,20-21H,5-8,13,15-19,22H2,1-4H3. The molecule has 0 radical (unpaired) electrons. The molecule has 216 valence electrons. The Hall–Kier alpha value is -2.24. The van der Waals surface area contributed by atoms with Crippen LogP contribution in [0.3, 0.4) is 0 Å². The lowest BCUT2D eigenvalue weighted by Crippen LogP contribution is -2.31. The Labute approximate surface area is 241 Å². The Kier molecular flexibility index (Phi) is 16.7. The van der Waals surface area contributed by atoms with Gasteiger partial charge in [-0.05, 0) is 85.7 Å². The molecule has 0 aliphatic carbocycles. The maximum absolute atomic E-state index is 13.6. The second kappa shape index (κ2) is 19.8. The maximum Gasteiger partial charge on any atom is 0.227 e. The number of benzene rings is 2. The van der Waals surface area contributed by atoms with Gasteiger partial charge in [-0.25, -0.2) is 0 Å². The van der Waals surface area contributed by atoms with Crippen LogP contribution >= 0.6 is 24.1 Å². The van der Waals surface area contributed by atoms with Crippen LogP contribution in [-0.2, 0) is 35.7 Å². The van der Waals surface area contributed by atoms with Crippen LogP contribution in [0.25, 0.3) is 0 Å². The van der Waals surface area contributed by atoms with Crippen molar-refractivity contribution in [1.82, 2.24) is 0 Å². The van der Waals surface area contributed by atoms with Crippen molar-refractivity contribution in [3.63, 3.8) is 0 Å². The molecule has 8 nitrogen and oxygen atoms in total. The smallest absolute Gasteiger partial charge is 0.227 e. The molecule has 0 unspecified atom stereocenters. The minimum atomic E-state index is 0.00144. The Morgan fingerprint density at radius 1 is 0.897 bits per heavy atom. The van der Waals surface area contributed by atoms with E-state index in [1.54, 1.807) is 19.1 Å². The van der Waals surface area contributed by atoms with E-state index in [0.29, 0.717) is 62.4 Å². The molecule has 0 aromatic heterocycles. The van der Waals surface area contributed by atoms with Gasteiger partial charge in [0.2, 0.25) is 5.91 Å². The van der Waals surface area contributed by atoms with E-state index in [0.717, 1.165) is 41.5 Å². The molecule has 0 saturated carbocycles. The topological polar surface area (TPSA) is 83.5 Å². The average Bonchev–Trinajstić information content (AvgIpc) is 2.94. The first-order valence-electron chi connectivity index (χ1n) is 13.1. The van der Waals surface area contributed by atoms with Crippen molar-refractivity contribution in [1.29, 1.82) is 0 Å². The quantitative estimate of drug-likeness (QED) is 0.103. The lowest BCUT2D eigenvalue weighted by molar-refractivity contribution is -0.119. The SMILES string of the molecule is CCOCCCCC(=O)N(Cc1cc(OCCSOC)ccc1CC=O)c1cc(OCCSOC)ccc1C. The number of unbranched alkanes of at least 4 members (excludes halogenated alkanes) is 1. The molecule has 10 heteroatoms. The minimum Gasteiger partial charge on any atom is -0.493 e. The monoisotopic (exact) mass is 579 g/mol. The Bertz CT molecular complexity index is 1010. The van der Waals surface area contributed by atoms with E-state index in [2.05, 4.69) is 0 Å². The van der Waals surface area contributed by atoms with Crippen LogP contribution in [0.4, 0.5) is 5.69 Å². The summed E-state index contributed by atoms with van der Waals surface area (Å²) in [5, 5.41) is 0. The van der Waals surface area contributed by atoms with E-state index < -0.39 is 0 Å². The fourth-order valence-corrected chi connectivity index (χ4v) is 4.53. The molecule has 0 N–H and O–H groups in total. The van der Waals surface area contributed by atoms with Crippen molar-refractivity contribution in [2.45, 2.75) is 46.1 Å². The minimum absolute atomic E-state index is 0.00144. The number of rotatable bonds is 21. The van der Waals surface area contributed by atoms with Crippen LogP contribution < -0.4 is 14.4 Å². The van der Waals surface area contributed by atoms with Crippen molar-refractivity contribution in [2.75, 3.05) is 57.1 Å². The number of hydrogen-bond acceptors (Lipinski definition) is 9. The predicted molar refractivity (Wildman–Crippen MR) is 159 cm³/mol. The highest BCUT2D eigenvalue weighted by molar-refractivity contribution is 7.94. The summed E-state index contributed by atoms with van der Waals surface area (Å²) < 4.78 is 27.3. The highest BCUT2D eigenvalue weighted by atomic mass is 32.2. The zero-order chi connectivity index (χ0) is 28.3. The third-order valence-corrected chi connectivity index (χ3v) is 6.96. The molecule has 0 aliphatic heterocycles. The normalized spacial score (nSPS) is 10.9. The van der Waals surface area contributed by atoms with Crippen LogP contribution in [0.5, 0.6) is 11.5 Å². The number of carbonyl (C=O) groups excluding carboxylic acids is 2. The molecular formula is C29H41NO7S2. The third-order valence-electron chi connectivity index (χ3n) is 5.82. The number of aryl methyl sites for hydroxylation is 1. The molecule has 2 rings (SSSR count). The van der Waals surface area contributed by atoms with Gasteiger partial charge in [-0.3, -0.25) is 4.79 Å². The van der Waals surface area contributed by atoms with Crippen molar-refractivity contribution in [3.05, 3.63) is 53.1 Å². The number of nitrogens with zero attached hydrogens (tertiary/aromatic N) is 1. The van der Waals surface area contributed by atoms with Gasteiger partial charge < -0.3 is 32.3 Å². The van der Waals surface area contributed by atoms with Gasteiger partial charge in [-0.15, -0.1) is 0 Å². The number of anilines is 1. The summed E-state index contributed by atoms with van der Waals surface area (Å²) >= 11 is 2.65. The highest BCUT2D eigenvalue weighted by Crippen LogP contribution is 2.30. The zero-order valence-electron chi connectivity index (χ0n) is 23.4. The maximum atomic E-state index is 13.6. The molecule has 0 saturated heterocycles. The molecule has 0 atom stereocenters. The van der Waals surface area contributed by atoms with Crippen molar-refractivity contribution in [3.8, 4) is 11.5 Å². The van der Waals surface area contributed by atoms with Crippen LogP contribution in [0.1, 0.15) is 42.9 Å². The summed E-state index contributed by atoms with van der Waals surface area (Å²) in [7, 11) is 3.25. The molecule has 0 heterocycles. The lowest BCUT2D eigenvalue weighted by atomic mass is 10.0. The van der Waals surface area contributed by atoms with E-state index in [1.165, 1.54) is 24.1 Å². The van der Waals surface area contributed by atoms with Gasteiger partial charge in [-0.2, -0.15) is 0 Å². The van der Waals surface area contributed by atoms with Gasteiger partial charge in [0, 0.05) is 32.1 Å². The third kappa shape index (κ3) is 12.2. The van der Waals surface area contributed by atoms with E-state index in [1.807, 2.05) is 50.2 Å². The van der Waals surface area contributed by atoms with Crippen molar-refractivity contribution in [2.24, 2.45) is 0 Å². The van der Waals surface area contributed by atoms with Gasteiger partial charge in [0.1, 0.15) is 17.8 Å². The summed E-state index contributed by atoms with van der Waals surface area (Å²) in [6.07, 6.45) is 3.05. The van der Waals surface area contributed by atoms with Crippen LogP contribution in [-0.4, -0.2) is 64.3 Å². The van der Waals surface area contributed by atoms with Gasteiger partial charge in [0.15, 0.2) is 0 Å². The van der Waals surface area contributed by atoms with E-state index in [9.17, 15) is 9.59 Å². The second-order valence-electron chi connectivity index (χ2n) is 8.56. The molecular weight excluding hydrogens is 538 g/mol. The Morgan fingerprint density at radius 3 is 2.21 bits per heavy atom. The van der Waals surface area contributed by atoms with Gasteiger partial charge >= 0.3 is 0 Å². The largest absolute Gasteiger partial charge is 0.493 e. The number of carbonyl (C=O) groups is 2. The molecule has 1 amide bonds. The first-order valence-corrected chi connectivity index (χ1v) is 15.0. The molecule has 2 aromatic rings.